The van der Waals surface area contributed by atoms with Gasteiger partial charge in [-0.25, -0.2) is 0 Å². The molecule has 0 unspecified atom stereocenters. The van der Waals surface area contributed by atoms with E-state index in [0.29, 0.717) is 22.0 Å². The van der Waals surface area contributed by atoms with Crippen molar-refractivity contribution < 1.29 is 31.2 Å². The molecule has 0 bridgehead atoms. The van der Waals surface area contributed by atoms with Crippen LogP contribution in [-0.4, -0.2) is 46.2 Å². The van der Waals surface area contributed by atoms with E-state index in [0.717, 1.165) is 37.1 Å². The van der Waals surface area contributed by atoms with Crippen molar-refractivity contribution >= 4 is 34.9 Å². The van der Waals surface area contributed by atoms with Crippen LogP contribution in [-0.2, 0) is 26.1 Å². The zero-order chi connectivity index (χ0) is 26.4. The van der Waals surface area contributed by atoms with Crippen LogP contribution in [0.2, 0.25) is 5.02 Å². The molecule has 202 valence electrons. The molecule has 6 nitrogen and oxygen atoms in total. The van der Waals surface area contributed by atoms with Gasteiger partial charge in [-0.3, -0.25) is 14.7 Å². The number of carbonyl (C=O) groups is 2. The molecule has 1 fully saturated rings. The van der Waals surface area contributed by atoms with E-state index in [1.807, 2.05) is 67.6 Å². The van der Waals surface area contributed by atoms with Gasteiger partial charge in [0.25, 0.3) is 0 Å². The van der Waals surface area contributed by atoms with Crippen LogP contribution in [0.4, 0.5) is 5.69 Å². The SMILES string of the molecule is CCN1CCC[C@]1(C)C(=O)[N-]c1ccc(Cl)cc1C(=N[C@@H](CC(=O)O)c1ccccc1)c1ccccc1.[Ni]. The van der Waals surface area contributed by atoms with Crippen molar-refractivity contribution in [2.75, 3.05) is 13.1 Å². The van der Waals surface area contributed by atoms with E-state index in [9.17, 15) is 14.7 Å². The minimum atomic E-state index is -0.954. The number of aliphatic carboxylic acids is 1. The fourth-order valence-corrected chi connectivity index (χ4v) is 5.10. The van der Waals surface area contributed by atoms with Crippen molar-refractivity contribution in [1.29, 1.82) is 0 Å². The molecule has 0 saturated carbocycles. The number of carbonyl (C=O) groups excluding carboxylic acids is 1. The van der Waals surface area contributed by atoms with Crippen LogP contribution < -0.4 is 0 Å². The number of hydrogen-bond acceptors (Lipinski definition) is 4. The van der Waals surface area contributed by atoms with Crippen LogP contribution in [0, 0.1) is 0 Å². The number of amides is 1. The van der Waals surface area contributed by atoms with E-state index in [2.05, 4.69) is 17.1 Å². The van der Waals surface area contributed by atoms with Crippen molar-refractivity contribution in [2.24, 2.45) is 4.99 Å². The zero-order valence-electron chi connectivity index (χ0n) is 21.4. The first-order valence-electron chi connectivity index (χ1n) is 12.5. The van der Waals surface area contributed by atoms with Gasteiger partial charge in [0, 0.05) is 27.1 Å². The van der Waals surface area contributed by atoms with Gasteiger partial charge in [0.2, 0.25) is 0 Å². The molecule has 0 aromatic heterocycles. The third-order valence-corrected chi connectivity index (χ3v) is 7.19. The molecule has 4 rings (SSSR count). The molecule has 0 spiro atoms. The number of benzene rings is 3. The van der Waals surface area contributed by atoms with Crippen LogP contribution in [0.1, 0.15) is 55.8 Å². The summed E-state index contributed by atoms with van der Waals surface area (Å²) in [6.07, 6.45) is 1.51. The zero-order valence-corrected chi connectivity index (χ0v) is 23.2. The molecule has 1 N–H and O–H groups in total. The number of aliphatic imine (C=N–C) groups is 1. The summed E-state index contributed by atoms with van der Waals surface area (Å²) in [6.45, 7) is 5.65. The van der Waals surface area contributed by atoms with E-state index >= 15 is 0 Å². The van der Waals surface area contributed by atoms with Crippen molar-refractivity contribution in [3.05, 3.63) is 106 Å². The van der Waals surface area contributed by atoms with Gasteiger partial charge in [-0.1, -0.05) is 85.3 Å². The molecule has 1 aliphatic heterocycles. The van der Waals surface area contributed by atoms with Gasteiger partial charge in [-0.15, -0.1) is 5.69 Å². The largest absolute Gasteiger partial charge is 0.625 e. The van der Waals surface area contributed by atoms with Crippen LogP contribution >= 0.6 is 11.6 Å². The second kappa shape index (κ2) is 13.2. The molecular weight excluding hydrogens is 544 g/mol. The quantitative estimate of drug-likeness (QED) is 0.225. The van der Waals surface area contributed by atoms with Gasteiger partial charge in [0.1, 0.15) is 0 Å². The predicted octanol–water partition coefficient (Wildman–Crippen LogP) is 6.80. The van der Waals surface area contributed by atoms with Gasteiger partial charge in [0.05, 0.1) is 29.6 Å². The van der Waals surface area contributed by atoms with E-state index < -0.39 is 17.6 Å². The number of carboxylic acid groups (broad SMARTS) is 1. The van der Waals surface area contributed by atoms with Gasteiger partial charge in [-0.05, 0) is 56.1 Å². The third-order valence-electron chi connectivity index (χ3n) is 6.95. The Hall–Kier alpha value is -2.99. The molecule has 1 saturated heterocycles. The summed E-state index contributed by atoms with van der Waals surface area (Å²) in [5.41, 5.74) is 2.49. The molecular formula is C30H31ClN3NiO3-. The fourth-order valence-electron chi connectivity index (χ4n) is 4.92. The Kier molecular flexibility index (Phi) is 10.3. The van der Waals surface area contributed by atoms with Crippen molar-refractivity contribution in [2.45, 2.75) is 44.7 Å². The summed E-state index contributed by atoms with van der Waals surface area (Å²) >= 11 is 6.44. The topological polar surface area (TPSA) is 84.1 Å². The molecule has 2 atom stereocenters. The summed E-state index contributed by atoms with van der Waals surface area (Å²) in [7, 11) is 0. The number of likely N-dealkylation sites (N-methyl/N-ethyl adjacent to an activating group) is 1. The van der Waals surface area contributed by atoms with E-state index in [-0.39, 0.29) is 28.8 Å². The van der Waals surface area contributed by atoms with Gasteiger partial charge in [0.15, 0.2) is 0 Å². The predicted molar refractivity (Wildman–Crippen MR) is 148 cm³/mol. The van der Waals surface area contributed by atoms with Crippen molar-refractivity contribution in [1.82, 2.24) is 4.90 Å². The van der Waals surface area contributed by atoms with Gasteiger partial charge < -0.3 is 15.2 Å². The second-order valence-electron chi connectivity index (χ2n) is 9.40. The number of carboxylic acids is 1. The Balaban J connectivity index is 0.00000400. The number of nitrogens with zero attached hydrogens (tertiary/aromatic N) is 3. The Morgan fingerprint density at radius 2 is 1.74 bits per heavy atom. The molecule has 1 heterocycles. The van der Waals surface area contributed by atoms with Crippen LogP contribution in [0.15, 0.2) is 83.9 Å². The summed E-state index contributed by atoms with van der Waals surface area (Å²) in [5.74, 6) is -1.15. The molecule has 38 heavy (non-hydrogen) atoms. The molecule has 0 radical (unpaired) electrons. The van der Waals surface area contributed by atoms with Crippen LogP contribution in [0.5, 0.6) is 0 Å². The maximum atomic E-state index is 13.5. The normalized spacial score (nSPS) is 18.4. The number of rotatable bonds is 9. The number of halogens is 1. The summed E-state index contributed by atoms with van der Waals surface area (Å²) in [5, 5.41) is 14.7. The van der Waals surface area contributed by atoms with Crippen molar-refractivity contribution in [3.8, 4) is 0 Å². The van der Waals surface area contributed by atoms with E-state index in [1.54, 1.807) is 18.2 Å². The molecule has 1 amide bonds. The Morgan fingerprint density at radius 3 is 2.37 bits per heavy atom. The van der Waals surface area contributed by atoms with Gasteiger partial charge >= 0.3 is 5.97 Å². The Labute approximate surface area is 239 Å². The molecule has 1 aliphatic rings. The first-order chi connectivity index (χ1) is 17.8. The number of hydrogen-bond donors (Lipinski definition) is 1. The molecule has 8 heteroatoms. The average molecular weight is 576 g/mol. The monoisotopic (exact) mass is 574 g/mol. The van der Waals surface area contributed by atoms with Crippen molar-refractivity contribution in [3.63, 3.8) is 0 Å². The Bertz CT molecular complexity index is 1290. The number of likely N-dealkylation sites (tertiary alicyclic amines) is 1. The van der Waals surface area contributed by atoms with E-state index in [4.69, 9.17) is 16.6 Å². The first-order valence-corrected chi connectivity index (χ1v) is 12.9. The standard InChI is InChI=1S/C30H32ClN3O3.Ni/c1-3-34-18-10-17-30(34,2)29(37)33-25-16-15-23(31)19-24(25)28(22-13-8-5-9-14-22)32-26(20-27(35)36)21-11-6-4-7-12-21;/h4-9,11-16,19,26H,3,10,17-18,20H2,1-2H3,(H2,32,33,35,36,37);/p-1/t26-,30+;/m0./s1. The maximum absolute atomic E-state index is 13.5. The first kappa shape index (κ1) is 29.6. The smallest absolute Gasteiger partial charge is 0.305 e. The minimum Gasteiger partial charge on any atom is -0.625 e. The molecule has 3 aromatic carbocycles. The van der Waals surface area contributed by atoms with Crippen LogP contribution in [0.3, 0.4) is 0 Å². The van der Waals surface area contributed by atoms with Crippen LogP contribution in [0.25, 0.3) is 5.32 Å². The third kappa shape index (κ3) is 6.71. The average Bonchev–Trinajstić information content (AvgIpc) is 3.30. The molecule has 3 aromatic rings. The second-order valence-corrected chi connectivity index (χ2v) is 9.84. The van der Waals surface area contributed by atoms with E-state index in [1.165, 1.54) is 0 Å². The Morgan fingerprint density at radius 1 is 1.08 bits per heavy atom. The van der Waals surface area contributed by atoms with Gasteiger partial charge in [-0.2, -0.15) is 0 Å². The minimum absolute atomic E-state index is 0. The summed E-state index contributed by atoms with van der Waals surface area (Å²) < 4.78 is 0. The summed E-state index contributed by atoms with van der Waals surface area (Å²) in [4.78, 5) is 32.5. The fraction of sp³-hybridized carbons (Fsp3) is 0.300. The summed E-state index contributed by atoms with van der Waals surface area (Å²) in [6, 6.07) is 23.4. The maximum Gasteiger partial charge on any atom is 0.305 e. The molecule has 0 aliphatic carbocycles.